The summed E-state index contributed by atoms with van der Waals surface area (Å²) in [5.41, 5.74) is 0.724. The average Bonchev–Trinajstić information content (AvgIpc) is 2.86. The van der Waals surface area contributed by atoms with Crippen molar-refractivity contribution in [2.45, 2.75) is 12.5 Å². The Kier molecular flexibility index (Phi) is 5.46. The van der Waals surface area contributed by atoms with Crippen molar-refractivity contribution < 1.29 is 24.5 Å². The molecular formula is C13H13BrClNO5. The first kappa shape index (κ1) is 16.1. The highest BCUT2D eigenvalue weighted by atomic mass is 79.9. The Morgan fingerprint density at radius 1 is 1.48 bits per heavy atom. The van der Waals surface area contributed by atoms with Gasteiger partial charge in [0.2, 0.25) is 0 Å². The second-order valence-electron chi connectivity index (χ2n) is 4.26. The molecule has 0 saturated carbocycles. The van der Waals surface area contributed by atoms with E-state index in [1.165, 1.54) is 6.20 Å². The number of aliphatic hydroxyl groups excluding tert-OH is 2. The Bertz CT molecular complexity index is 645. The summed E-state index contributed by atoms with van der Waals surface area (Å²) < 4.78 is 10.6. The first-order valence-electron chi connectivity index (χ1n) is 6.11. The zero-order chi connectivity index (χ0) is 15.4. The number of nitrogens with one attached hydrogen (secondary N) is 1. The topological polar surface area (TPSA) is 91.8 Å². The van der Waals surface area contributed by atoms with E-state index >= 15 is 0 Å². The Hall–Kier alpha value is -1.28. The third-order valence-electron chi connectivity index (χ3n) is 2.78. The number of aromatic nitrogens is 1. The van der Waals surface area contributed by atoms with Gasteiger partial charge in [-0.1, -0.05) is 11.6 Å². The minimum atomic E-state index is -0.920. The fraction of sp³-hybridized carbons (Fsp3) is 0.308. The number of carbonyl (C=O) groups excluding carboxylic acids is 1. The smallest absolute Gasteiger partial charge is 0.434 e. The van der Waals surface area contributed by atoms with Crippen molar-refractivity contribution in [1.82, 2.24) is 4.98 Å². The summed E-state index contributed by atoms with van der Waals surface area (Å²) in [5.74, 6) is 0.254. The van der Waals surface area contributed by atoms with Crippen molar-refractivity contribution in [3.8, 4) is 5.75 Å². The average molecular weight is 379 g/mol. The maximum atomic E-state index is 11.6. The van der Waals surface area contributed by atoms with Crippen LogP contribution < -0.4 is 4.74 Å². The molecule has 2 rings (SSSR count). The predicted molar refractivity (Wildman–Crippen MR) is 80.7 cm³/mol. The van der Waals surface area contributed by atoms with Gasteiger partial charge in [-0.2, -0.15) is 0 Å². The summed E-state index contributed by atoms with van der Waals surface area (Å²) in [7, 11) is 0. The first-order chi connectivity index (χ1) is 10.0. The van der Waals surface area contributed by atoms with Crippen LogP contribution in [-0.2, 0) is 4.74 Å². The maximum Gasteiger partial charge on any atom is 0.513 e. The SMILES string of the molecule is O=C(OCCC(O)CO)Oc1c[nH]c2ccc(Br)c(Cl)c12. The summed E-state index contributed by atoms with van der Waals surface area (Å²) in [6.45, 7) is -0.440. The van der Waals surface area contributed by atoms with E-state index in [9.17, 15) is 4.79 Å². The maximum absolute atomic E-state index is 11.6. The van der Waals surface area contributed by atoms with Gasteiger partial charge in [0.15, 0.2) is 5.75 Å². The lowest BCUT2D eigenvalue weighted by Gasteiger charge is -2.08. The fourth-order valence-electron chi connectivity index (χ4n) is 1.70. The van der Waals surface area contributed by atoms with Gasteiger partial charge in [0, 0.05) is 17.1 Å². The molecule has 0 radical (unpaired) electrons. The van der Waals surface area contributed by atoms with Gasteiger partial charge in [0.25, 0.3) is 0 Å². The standard InChI is InChI=1S/C13H13BrClNO5/c14-8-1-2-9-11(12(8)15)10(5-16-9)21-13(19)20-4-3-7(18)6-17/h1-2,5,7,16-18H,3-4,6H2. The molecule has 1 aromatic carbocycles. The molecular weight excluding hydrogens is 366 g/mol. The highest BCUT2D eigenvalue weighted by Gasteiger charge is 2.15. The van der Waals surface area contributed by atoms with Gasteiger partial charge in [-0.15, -0.1) is 0 Å². The molecule has 6 nitrogen and oxygen atoms in total. The van der Waals surface area contributed by atoms with E-state index in [-0.39, 0.29) is 25.4 Å². The van der Waals surface area contributed by atoms with Gasteiger partial charge in [0.1, 0.15) is 0 Å². The molecule has 1 unspecified atom stereocenters. The zero-order valence-corrected chi connectivity index (χ0v) is 13.1. The Balaban J connectivity index is 2.03. The summed E-state index contributed by atoms with van der Waals surface area (Å²) in [6, 6.07) is 3.57. The fourth-order valence-corrected chi connectivity index (χ4v) is 2.28. The minimum Gasteiger partial charge on any atom is -0.434 e. The van der Waals surface area contributed by atoms with Crippen molar-refractivity contribution in [2.24, 2.45) is 0 Å². The molecule has 1 atom stereocenters. The van der Waals surface area contributed by atoms with Gasteiger partial charge >= 0.3 is 6.16 Å². The lowest BCUT2D eigenvalue weighted by Crippen LogP contribution is -2.18. The van der Waals surface area contributed by atoms with Crippen LogP contribution in [0, 0.1) is 0 Å². The quantitative estimate of drug-likeness (QED) is 0.696. The summed E-state index contributed by atoms with van der Waals surface area (Å²) in [4.78, 5) is 14.5. The number of carbonyl (C=O) groups is 1. The molecule has 0 amide bonds. The largest absolute Gasteiger partial charge is 0.513 e. The van der Waals surface area contributed by atoms with Gasteiger partial charge in [-0.05, 0) is 28.1 Å². The van der Waals surface area contributed by atoms with E-state index in [1.54, 1.807) is 12.1 Å². The minimum absolute atomic E-state index is 0.0552. The van der Waals surface area contributed by atoms with Crippen LogP contribution >= 0.6 is 27.5 Å². The number of ether oxygens (including phenoxy) is 2. The number of H-pyrrole nitrogens is 1. The molecule has 1 heterocycles. The van der Waals surface area contributed by atoms with Crippen LogP contribution in [0.5, 0.6) is 5.75 Å². The molecule has 0 aliphatic carbocycles. The number of benzene rings is 1. The van der Waals surface area contributed by atoms with E-state index in [2.05, 4.69) is 20.9 Å². The lowest BCUT2D eigenvalue weighted by molar-refractivity contribution is 0.0519. The van der Waals surface area contributed by atoms with Crippen LogP contribution in [0.15, 0.2) is 22.8 Å². The monoisotopic (exact) mass is 377 g/mol. The van der Waals surface area contributed by atoms with E-state index in [1.807, 2.05) is 0 Å². The number of hydrogen-bond donors (Lipinski definition) is 3. The molecule has 2 aromatic rings. The van der Waals surface area contributed by atoms with E-state index in [4.69, 9.17) is 31.3 Å². The molecule has 0 saturated heterocycles. The number of aromatic amines is 1. The van der Waals surface area contributed by atoms with Crippen molar-refractivity contribution in [3.05, 3.63) is 27.8 Å². The van der Waals surface area contributed by atoms with Gasteiger partial charge in [-0.3, -0.25) is 0 Å². The molecule has 21 heavy (non-hydrogen) atoms. The molecule has 0 fully saturated rings. The van der Waals surface area contributed by atoms with Crippen molar-refractivity contribution >= 4 is 44.6 Å². The molecule has 8 heteroatoms. The summed E-state index contributed by atoms with van der Waals surface area (Å²) in [6.07, 6.45) is -0.188. The normalized spacial score (nSPS) is 12.4. The summed E-state index contributed by atoms with van der Waals surface area (Å²) >= 11 is 9.46. The third-order valence-corrected chi connectivity index (χ3v) is 4.06. The molecule has 3 N–H and O–H groups in total. The molecule has 0 spiro atoms. The van der Waals surface area contributed by atoms with E-state index in [0.717, 1.165) is 5.52 Å². The number of fused-ring (bicyclic) bond motifs is 1. The van der Waals surface area contributed by atoms with E-state index in [0.29, 0.717) is 14.9 Å². The highest BCUT2D eigenvalue weighted by molar-refractivity contribution is 9.10. The molecule has 114 valence electrons. The number of halogens is 2. The zero-order valence-electron chi connectivity index (χ0n) is 10.8. The molecule has 1 aromatic heterocycles. The van der Waals surface area contributed by atoms with Gasteiger partial charge in [0.05, 0.1) is 35.2 Å². The number of aliphatic hydroxyl groups is 2. The first-order valence-corrected chi connectivity index (χ1v) is 7.28. The Morgan fingerprint density at radius 2 is 2.24 bits per heavy atom. The van der Waals surface area contributed by atoms with E-state index < -0.39 is 12.3 Å². The van der Waals surface area contributed by atoms with Crippen LogP contribution in [0.25, 0.3) is 10.9 Å². The van der Waals surface area contributed by atoms with Crippen LogP contribution in [0.3, 0.4) is 0 Å². The van der Waals surface area contributed by atoms with Crippen LogP contribution in [0.1, 0.15) is 6.42 Å². The second-order valence-corrected chi connectivity index (χ2v) is 5.49. The number of hydrogen-bond acceptors (Lipinski definition) is 5. The molecule has 0 aliphatic heterocycles. The van der Waals surface area contributed by atoms with Crippen LogP contribution in [-0.4, -0.2) is 40.7 Å². The predicted octanol–water partition coefficient (Wildman–Crippen LogP) is 2.84. The third kappa shape index (κ3) is 3.88. The second kappa shape index (κ2) is 7.13. The van der Waals surface area contributed by atoms with Crippen molar-refractivity contribution in [1.29, 1.82) is 0 Å². The Labute approximate surface area is 133 Å². The Morgan fingerprint density at radius 3 is 2.95 bits per heavy atom. The number of rotatable bonds is 5. The molecule has 0 aliphatic rings. The van der Waals surface area contributed by atoms with Gasteiger partial charge in [-0.25, -0.2) is 4.79 Å². The van der Waals surface area contributed by atoms with Crippen molar-refractivity contribution in [2.75, 3.05) is 13.2 Å². The van der Waals surface area contributed by atoms with Crippen LogP contribution in [0.4, 0.5) is 4.79 Å². The summed E-state index contributed by atoms with van der Waals surface area (Å²) in [5, 5.41) is 18.8. The van der Waals surface area contributed by atoms with Crippen molar-refractivity contribution in [3.63, 3.8) is 0 Å². The highest BCUT2D eigenvalue weighted by Crippen LogP contribution is 2.37. The van der Waals surface area contributed by atoms with Crippen LogP contribution in [0.2, 0.25) is 5.02 Å². The molecule has 0 bridgehead atoms. The van der Waals surface area contributed by atoms with Gasteiger partial charge < -0.3 is 24.7 Å². The lowest BCUT2D eigenvalue weighted by atomic mass is 10.2.